The molecule has 0 fully saturated rings. The van der Waals surface area contributed by atoms with Gasteiger partial charge in [0.2, 0.25) is 0 Å². The van der Waals surface area contributed by atoms with Gasteiger partial charge < -0.3 is 10.6 Å². The van der Waals surface area contributed by atoms with Crippen molar-refractivity contribution < 1.29 is 0 Å². The largest absolute Gasteiger partial charge is 0.384 e. The van der Waals surface area contributed by atoms with E-state index in [9.17, 15) is 0 Å². The summed E-state index contributed by atoms with van der Waals surface area (Å²) in [5, 5.41) is 6.72. The number of aromatic nitrogens is 1. The SMILES string of the molecule is CCCNc1cncc(Nc2cccc(SC)c2)c1. The van der Waals surface area contributed by atoms with E-state index >= 15 is 0 Å². The van der Waals surface area contributed by atoms with E-state index in [4.69, 9.17) is 0 Å². The Morgan fingerprint density at radius 2 is 1.95 bits per heavy atom. The van der Waals surface area contributed by atoms with Crippen LogP contribution in [-0.2, 0) is 0 Å². The van der Waals surface area contributed by atoms with Crippen molar-refractivity contribution in [1.29, 1.82) is 0 Å². The first kappa shape index (κ1) is 13.7. The lowest BCUT2D eigenvalue weighted by atomic mass is 10.3. The third kappa shape index (κ3) is 4.17. The van der Waals surface area contributed by atoms with Crippen LogP contribution in [0, 0.1) is 0 Å². The zero-order chi connectivity index (χ0) is 13.5. The lowest BCUT2D eigenvalue weighted by molar-refractivity contribution is 0.978. The van der Waals surface area contributed by atoms with Crippen molar-refractivity contribution in [3.05, 3.63) is 42.7 Å². The minimum atomic E-state index is 0.965. The van der Waals surface area contributed by atoms with Gasteiger partial charge in [0.25, 0.3) is 0 Å². The predicted octanol–water partition coefficient (Wildman–Crippen LogP) is 4.37. The third-order valence-electron chi connectivity index (χ3n) is 2.68. The van der Waals surface area contributed by atoms with Crippen LogP contribution in [0.25, 0.3) is 0 Å². The van der Waals surface area contributed by atoms with Gasteiger partial charge in [0.05, 0.1) is 23.8 Å². The molecule has 0 aliphatic carbocycles. The standard InChI is InChI=1S/C15H19N3S/c1-3-7-17-13-8-14(11-16-10-13)18-12-5-4-6-15(9-12)19-2/h4-6,8-11,17-18H,3,7H2,1-2H3. The Balaban J connectivity index is 2.09. The van der Waals surface area contributed by atoms with Crippen molar-refractivity contribution in [2.24, 2.45) is 0 Å². The van der Waals surface area contributed by atoms with Crippen molar-refractivity contribution in [2.45, 2.75) is 18.2 Å². The highest BCUT2D eigenvalue weighted by molar-refractivity contribution is 7.98. The number of thioether (sulfide) groups is 1. The molecule has 0 atom stereocenters. The van der Waals surface area contributed by atoms with Crippen molar-refractivity contribution >= 4 is 28.8 Å². The minimum absolute atomic E-state index is 0.965. The molecule has 0 spiro atoms. The molecule has 0 unspecified atom stereocenters. The first-order chi connectivity index (χ1) is 9.31. The fraction of sp³-hybridized carbons (Fsp3) is 0.267. The van der Waals surface area contributed by atoms with E-state index in [0.717, 1.165) is 30.0 Å². The highest BCUT2D eigenvalue weighted by Gasteiger charge is 1.98. The van der Waals surface area contributed by atoms with Gasteiger partial charge in [-0.2, -0.15) is 0 Å². The Labute approximate surface area is 118 Å². The minimum Gasteiger partial charge on any atom is -0.384 e. The first-order valence-corrected chi connectivity index (χ1v) is 7.64. The normalized spacial score (nSPS) is 10.2. The molecule has 1 aromatic heterocycles. The van der Waals surface area contributed by atoms with Crippen LogP contribution in [-0.4, -0.2) is 17.8 Å². The van der Waals surface area contributed by atoms with Gasteiger partial charge in [-0.25, -0.2) is 0 Å². The van der Waals surface area contributed by atoms with Gasteiger partial charge in [-0.1, -0.05) is 13.0 Å². The fourth-order valence-electron chi connectivity index (χ4n) is 1.74. The van der Waals surface area contributed by atoms with Crippen LogP contribution in [0.3, 0.4) is 0 Å². The summed E-state index contributed by atoms with van der Waals surface area (Å²) in [6.45, 7) is 3.11. The summed E-state index contributed by atoms with van der Waals surface area (Å²) in [5.74, 6) is 0. The summed E-state index contributed by atoms with van der Waals surface area (Å²) in [6.07, 6.45) is 6.87. The van der Waals surface area contributed by atoms with Gasteiger partial charge in [0.15, 0.2) is 0 Å². The smallest absolute Gasteiger partial charge is 0.0591 e. The quantitative estimate of drug-likeness (QED) is 0.766. The summed E-state index contributed by atoms with van der Waals surface area (Å²) in [5.41, 5.74) is 3.13. The van der Waals surface area contributed by atoms with Crippen molar-refractivity contribution in [3.8, 4) is 0 Å². The Kier molecular flexibility index (Phi) is 5.10. The van der Waals surface area contributed by atoms with E-state index < -0.39 is 0 Å². The molecule has 2 N–H and O–H groups in total. The first-order valence-electron chi connectivity index (χ1n) is 6.42. The van der Waals surface area contributed by atoms with E-state index in [0.29, 0.717) is 0 Å². The number of hydrogen-bond donors (Lipinski definition) is 2. The molecule has 0 aliphatic rings. The molecule has 3 nitrogen and oxygen atoms in total. The fourth-order valence-corrected chi connectivity index (χ4v) is 2.20. The Bertz CT molecular complexity index is 528. The van der Waals surface area contributed by atoms with Crippen molar-refractivity contribution in [1.82, 2.24) is 4.98 Å². The van der Waals surface area contributed by atoms with Crippen LogP contribution < -0.4 is 10.6 Å². The van der Waals surface area contributed by atoms with Gasteiger partial charge in [0.1, 0.15) is 0 Å². The molecule has 1 aromatic carbocycles. The molecule has 2 aromatic rings. The summed E-state index contributed by atoms with van der Waals surface area (Å²) in [6, 6.07) is 10.4. The number of nitrogens with one attached hydrogen (secondary N) is 2. The van der Waals surface area contributed by atoms with Crippen LogP contribution in [0.5, 0.6) is 0 Å². The number of pyridine rings is 1. The highest BCUT2D eigenvalue weighted by atomic mass is 32.2. The maximum Gasteiger partial charge on any atom is 0.0591 e. The second-order valence-corrected chi connectivity index (χ2v) is 5.13. The van der Waals surface area contributed by atoms with Crippen molar-refractivity contribution in [2.75, 3.05) is 23.4 Å². The van der Waals surface area contributed by atoms with Crippen LogP contribution in [0.15, 0.2) is 47.6 Å². The van der Waals surface area contributed by atoms with E-state index in [1.54, 1.807) is 11.8 Å². The van der Waals surface area contributed by atoms with Crippen LogP contribution >= 0.6 is 11.8 Å². The third-order valence-corrected chi connectivity index (χ3v) is 3.40. The molecule has 1 heterocycles. The zero-order valence-electron chi connectivity index (χ0n) is 11.3. The molecule has 100 valence electrons. The lowest BCUT2D eigenvalue weighted by Gasteiger charge is -2.09. The summed E-state index contributed by atoms with van der Waals surface area (Å²) in [7, 11) is 0. The van der Waals surface area contributed by atoms with Gasteiger partial charge in [-0.15, -0.1) is 11.8 Å². The molecule has 2 rings (SSSR count). The van der Waals surface area contributed by atoms with Gasteiger partial charge in [-0.05, 0) is 36.9 Å². The Morgan fingerprint density at radius 1 is 1.11 bits per heavy atom. The van der Waals surface area contributed by atoms with E-state index in [1.807, 2.05) is 12.4 Å². The molecule has 0 radical (unpaired) electrons. The number of nitrogens with zero attached hydrogens (tertiary/aromatic N) is 1. The van der Waals surface area contributed by atoms with Crippen LogP contribution in [0.1, 0.15) is 13.3 Å². The molecule has 0 saturated heterocycles. The molecular formula is C15H19N3S. The molecular weight excluding hydrogens is 254 g/mol. The number of rotatable bonds is 6. The summed E-state index contributed by atoms with van der Waals surface area (Å²) < 4.78 is 0. The highest BCUT2D eigenvalue weighted by Crippen LogP contribution is 2.23. The molecule has 0 bridgehead atoms. The second kappa shape index (κ2) is 7.04. The lowest BCUT2D eigenvalue weighted by Crippen LogP contribution is -2.01. The maximum atomic E-state index is 4.25. The Morgan fingerprint density at radius 3 is 2.74 bits per heavy atom. The topological polar surface area (TPSA) is 37.0 Å². The number of benzene rings is 1. The average molecular weight is 273 g/mol. The molecule has 19 heavy (non-hydrogen) atoms. The summed E-state index contributed by atoms with van der Waals surface area (Å²) in [4.78, 5) is 5.49. The van der Waals surface area contributed by atoms with Gasteiger partial charge in [-0.3, -0.25) is 4.98 Å². The Hall–Kier alpha value is -1.68. The number of anilines is 3. The van der Waals surface area contributed by atoms with E-state index in [-0.39, 0.29) is 0 Å². The van der Waals surface area contributed by atoms with Gasteiger partial charge >= 0.3 is 0 Å². The molecule has 0 saturated carbocycles. The van der Waals surface area contributed by atoms with Crippen molar-refractivity contribution in [3.63, 3.8) is 0 Å². The molecule has 0 amide bonds. The average Bonchev–Trinajstić information content (AvgIpc) is 2.46. The number of hydrogen-bond acceptors (Lipinski definition) is 4. The zero-order valence-corrected chi connectivity index (χ0v) is 12.1. The van der Waals surface area contributed by atoms with Gasteiger partial charge in [0, 0.05) is 17.1 Å². The van der Waals surface area contributed by atoms with E-state index in [1.165, 1.54) is 4.90 Å². The van der Waals surface area contributed by atoms with Crippen LogP contribution in [0.2, 0.25) is 0 Å². The predicted molar refractivity (Wildman–Crippen MR) is 84.5 cm³/mol. The molecule has 4 heteroatoms. The maximum absolute atomic E-state index is 4.25. The summed E-state index contributed by atoms with van der Waals surface area (Å²) >= 11 is 1.74. The molecule has 0 aliphatic heterocycles. The second-order valence-electron chi connectivity index (χ2n) is 4.25. The van der Waals surface area contributed by atoms with Crippen LogP contribution in [0.4, 0.5) is 17.1 Å². The van der Waals surface area contributed by atoms with E-state index in [2.05, 4.69) is 59.1 Å². The monoisotopic (exact) mass is 273 g/mol.